The number of aryl methyl sites for hydroxylation is 2. The van der Waals surface area contributed by atoms with E-state index in [1.54, 1.807) is 0 Å². The molecule has 0 fully saturated rings. The summed E-state index contributed by atoms with van der Waals surface area (Å²) in [5.41, 5.74) is 3.78. The number of nitrogens with one attached hydrogen (secondary N) is 1. The van der Waals surface area contributed by atoms with Crippen LogP contribution in [0.4, 0.5) is 0 Å². The zero-order valence-corrected chi connectivity index (χ0v) is 11.9. The van der Waals surface area contributed by atoms with Crippen molar-refractivity contribution in [1.29, 1.82) is 0 Å². The standard InChI is InChI=1S/C17H21NO2/c1-12-8-14(9-13(2)17(12)20)10-18-11-16(19)15-6-4-3-5-7-15/h3-9,16,18-20H,10-11H2,1-2H3. The Labute approximate surface area is 119 Å². The average molecular weight is 271 g/mol. The lowest BCUT2D eigenvalue weighted by Gasteiger charge is -2.13. The van der Waals surface area contributed by atoms with E-state index in [0.29, 0.717) is 18.8 Å². The minimum absolute atomic E-state index is 0.359. The van der Waals surface area contributed by atoms with E-state index in [9.17, 15) is 10.2 Å². The lowest BCUT2D eigenvalue weighted by atomic mass is 10.1. The number of phenolic OH excluding ortho intramolecular Hbond substituents is 1. The van der Waals surface area contributed by atoms with Crippen LogP contribution in [0.3, 0.4) is 0 Å². The Morgan fingerprint density at radius 1 is 1.05 bits per heavy atom. The molecule has 0 bridgehead atoms. The number of aromatic hydroxyl groups is 1. The van der Waals surface area contributed by atoms with Gasteiger partial charge in [0.1, 0.15) is 5.75 Å². The molecule has 0 spiro atoms. The third-order valence-corrected chi connectivity index (χ3v) is 3.40. The van der Waals surface area contributed by atoms with Gasteiger partial charge in [-0.2, -0.15) is 0 Å². The molecule has 3 nitrogen and oxygen atoms in total. The van der Waals surface area contributed by atoms with Crippen LogP contribution < -0.4 is 5.32 Å². The van der Waals surface area contributed by atoms with Gasteiger partial charge in [0.2, 0.25) is 0 Å². The molecule has 2 aromatic rings. The summed E-state index contributed by atoms with van der Waals surface area (Å²) in [7, 11) is 0. The van der Waals surface area contributed by atoms with E-state index < -0.39 is 6.10 Å². The van der Waals surface area contributed by atoms with Crippen molar-refractivity contribution in [3.05, 3.63) is 64.7 Å². The molecule has 0 aliphatic rings. The maximum atomic E-state index is 10.0. The highest BCUT2D eigenvalue weighted by molar-refractivity contribution is 5.42. The summed E-state index contributed by atoms with van der Waals surface area (Å²) in [4.78, 5) is 0. The van der Waals surface area contributed by atoms with Crippen molar-refractivity contribution in [1.82, 2.24) is 5.32 Å². The molecule has 0 amide bonds. The number of aliphatic hydroxyl groups excluding tert-OH is 1. The molecule has 2 rings (SSSR count). The molecular formula is C17H21NO2. The highest BCUT2D eigenvalue weighted by atomic mass is 16.3. The van der Waals surface area contributed by atoms with Crippen LogP contribution in [0.1, 0.15) is 28.4 Å². The summed E-state index contributed by atoms with van der Waals surface area (Å²) in [6, 6.07) is 13.5. The minimum Gasteiger partial charge on any atom is -0.507 e. The van der Waals surface area contributed by atoms with Crippen LogP contribution in [0.5, 0.6) is 5.75 Å². The van der Waals surface area contributed by atoms with E-state index in [2.05, 4.69) is 5.32 Å². The van der Waals surface area contributed by atoms with Crippen LogP contribution in [0, 0.1) is 13.8 Å². The summed E-state index contributed by atoms with van der Waals surface area (Å²) < 4.78 is 0. The molecule has 2 aromatic carbocycles. The monoisotopic (exact) mass is 271 g/mol. The third-order valence-electron chi connectivity index (χ3n) is 3.40. The van der Waals surface area contributed by atoms with Gasteiger partial charge in [0.25, 0.3) is 0 Å². The number of aliphatic hydroxyl groups is 1. The number of hydrogen-bond donors (Lipinski definition) is 3. The summed E-state index contributed by atoms with van der Waals surface area (Å²) in [5.74, 6) is 0.359. The molecule has 0 aromatic heterocycles. The number of benzene rings is 2. The van der Waals surface area contributed by atoms with Crippen LogP contribution in [-0.4, -0.2) is 16.8 Å². The predicted octanol–water partition coefficient (Wildman–Crippen LogP) is 2.83. The average Bonchev–Trinajstić information content (AvgIpc) is 2.45. The lowest BCUT2D eigenvalue weighted by Crippen LogP contribution is -2.21. The van der Waals surface area contributed by atoms with Gasteiger partial charge in [-0.05, 0) is 36.1 Å². The van der Waals surface area contributed by atoms with E-state index in [1.807, 2.05) is 56.3 Å². The zero-order valence-electron chi connectivity index (χ0n) is 11.9. The quantitative estimate of drug-likeness (QED) is 0.784. The summed E-state index contributed by atoms with van der Waals surface area (Å²) in [6.07, 6.45) is -0.504. The minimum atomic E-state index is -0.504. The first kappa shape index (κ1) is 14.6. The Balaban J connectivity index is 1.90. The molecule has 20 heavy (non-hydrogen) atoms. The maximum absolute atomic E-state index is 10.0. The van der Waals surface area contributed by atoms with Gasteiger partial charge < -0.3 is 15.5 Å². The second kappa shape index (κ2) is 6.55. The van der Waals surface area contributed by atoms with Gasteiger partial charge >= 0.3 is 0 Å². The molecule has 0 radical (unpaired) electrons. The van der Waals surface area contributed by atoms with Crippen LogP contribution in [0.25, 0.3) is 0 Å². The van der Waals surface area contributed by atoms with Gasteiger partial charge in [-0.1, -0.05) is 42.5 Å². The normalized spacial score (nSPS) is 12.3. The van der Waals surface area contributed by atoms with Crippen molar-refractivity contribution >= 4 is 0 Å². The molecule has 3 N–H and O–H groups in total. The third kappa shape index (κ3) is 3.59. The first-order valence-corrected chi connectivity index (χ1v) is 6.80. The second-order valence-electron chi connectivity index (χ2n) is 5.14. The van der Waals surface area contributed by atoms with E-state index >= 15 is 0 Å². The van der Waals surface area contributed by atoms with Gasteiger partial charge in [0.05, 0.1) is 6.10 Å². The van der Waals surface area contributed by atoms with Crippen molar-refractivity contribution in [2.45, 2.75) is 26.5 Å². The molecule has 0 saturated heterocycles. The Morgan fingerprint density at radius 3 is 2.25 bits per heavy atom. The summed E-state index contributed by atoms with van der Waals surface area (Å²) in [6.45, 7) is 4.96. The van der Waals surface area contributed by atoms with Gasteiger partial charge in [0, 0.05) is 13.1 Å². The smallest absolute Gasteiger partial charge is 0.121 e. The fraction of sp³-hybridized carbons (Fsp3) is 0.294. The largest absolute Gasteiger partial charge is 0.507 e. The molecule has 1 atom stereocenters. The van der Waals surface area contributed by atoms with E-state index in [0.717, 1.165) is 22.3 Å². The lowest BCUT2D eigenvalue weighted by molar-refractivity contribution is 0.174. The van der Waals surface area contributed by atoms with Crippen molar-refractivity contribution in [3.8, 4) is 5.75 Å². The molecule has 0 aliphatic heterocycles. The maximum Gasteiger partial charge on any atom is 0.121 e. The SMILES string of the molecule is Cc1cc(CNCC(O)c2ccccc2)cc(C)c1O. The summed E-state index contributed by atoms with van der Waals surface area (Å²) in [5, 5.41) is 23.0. The Morgan fingerprint density at radius 2 is 1.65 bits per heavy atom. The first-order chi connectivity index (χ1) is 9.58. The number of hydrogen-bond acceptors (Lipinski definition) is 3. The Bertz CT molecular complexity index is 543. The van der Waals surface area contributed by atoms with Crippen LogP contribution >= 0.6 is 0 Å². The van der Waals surface area contributed by atoms with Crippen molar-refractivity contribution in [2.24, 2.45) is 0 Å². The summed E-state index contributed by atoms with van der Waals surface area (Å²) >= 11 is 0. The van der Waals surface area contributed by atoms with Crippen LogP contribution in [0.2, 0.25) is 0 Å². The van der Waals surface area contributed by atoms with Gasteiger partial charge in [-0.25, -0.2) is 0 Å². The van der Waals surface area contributed by atoms with Crippen molar-refractivity contribution in [3.63, 3.8) is 0 Å². The van der Waals surface area contributed by atoms with Crippen LogP contribution in [0.15, 0.2) is 42.5 Å². The van der Waals surface area contributed by atoms with Crippen LogP contribution in [-0.2, 0) is 6.54 Å². The highest BCUT2D eigenvalue weighted by Crippen LogP contribution is 2.22. The molecule has 3 heteroatoms. The molecule has 0 saturated carbocycles. The molecule has 1 unspecified atom stereocenters. The number of phenols is 1. The van der Waals surface area contributed by atoms with Gasteiger partial charge in [-0.3, -0.25) is 0 Å². The topological polar surface area (TPSA) is 52.5 Å². The zero-order chi connectivity index (χ0) is 14.5. The highest BCUT2D eigenvalue weighted by Gasteiger charge is 2.07. The Hall–Kier alpha value is -1.84. The number of rotatable bonds is 5. The van der Waals surface area contributed by atoms with Crippen molar-refractivity contribution in [2.75, 3.05) is 6.54 Å². The van der Waals surface area contributed by atoms with Gasteiger partial charge in [0.15, 0.2) is 0 Å². The molecular weight excluding hydrogens is 250 g/mol. The van der Waals surface area contributed by atoms with E-state index in [1.165, 1.54) is 0 Å². The van der Waals surface area contributed by atoms with Gasteiger partial charge in [-0.15, -0.1) is 0 Å². The predicted molar refractivity (Wildman–Crippen MR) is 80.7 cm³/mol. The van der Waals surface area contributed by atoms with E-state index in [4.69, 9.17) is 0 Å². The fourth-order valence-electron chi connectivity index (χ4n) is 2.29. The Kier molecular flexibility index (Phi) is 4.77. The molecule has 0 aliphatic carbocycles. The van der Waals surface area contributed by atoms with E-state index in [-0.39, 0.29) is 0 Å². The molecule has 106 valence electrons. The first-order valence-electron chi connectivity index (χ1n) is 6.80. The molecule has 0 heterocycles. The fourth-order valence-corrected chi connectivity index (χ4v) is 2.29. The second-order valence-corrected chi connectivity index (χ2v) is 5.14. The van der Waals surface area contributed by atoms with Crippen molar-refractivity contribution < 1.29 is 10.2 Å².